The standard InChI is InChI=1S/C9H17N3/c1-7-10-8(12(5)11-7)6-9(2,3)4/h6H2,1-5H3. The smallest absolute Gasteiger partial charge is 0.147 e. The minimum Gasteiger partial charge on any atom is -0.253 e. The fourth-order valence-corrected chi connectivity index (χ4v) is 1.18. The Kier molecular flexibility index (Phi) is 2.22. The number of aromatic nitrogens is 3. The molecule has 0 aliphatic carbocycles. The van der Waals surface area contributed by atoms with E-state index >= 15 is 0 Å². The molecule has 0 atom stereocenters. The van der Waals surface area contributed by atoms with E-state index in [2.05, 4.69) is 30.9 Å². The van der Waals surface area contributed by atoms with E-state index in [1.165, 1.54) is 0 Å². The number of nitrogens with zero attached hydrogens (tertiary/aromatic N) is 3. The molecule has 1 aromatic heterocycles. The molecule has 0 bridgehead atoms. The largest absolute Gasteiger partial charge is 0.253 e. The molecule has 3 nitrogen and oxygen atoms in total. The second kappa shape index (κ2) is 2.88. The summed E-state index contributed by atoms with van der Waals surface area (Å²) in [7, 11) is 1.95. The van der Waals surface area contributed by atoms with Crippen LogP contribution in [0.25, 0.3) is 0 Å². The molecule has 0 amide bonds. The van der Waals surface area contributed by atoms with Crippen LogP contribution in [0.15, 0.2) is 0 Å². The molecule has 1 heterocycles. The Balaban J connectivity index is 2.82. The van der Waals surface area contributed by atoms with Gasteiger partial charge in [0.15, 0.2) is 0 Å². The lowest BCUT2D eigenvalue weighted by Crippen LogP contribution is -2.13. The van der Waals surface area contributed by atoms with Gasteiger partial charge in [-0.1, -0.05) is 20.8 Å². The predicted molar refractivity (Wildman–Crippen MR) is 48.9 cm³/mol. The van der Waals surface area contributed by atoms with Gasteiger partial charge >= 0.3 is 0 Å². The zero-order valence-corrected chi connectivity index (χ0v) is 8.55. The van der Waals surface area contributed by atoms with Crippen molar-refractivity contribution in [1.29, 1.82) is 0 Å². The van der Waals surface area contributed by atoms with E-state index in [4.69, 9.17) is 0 Å². The number of rotatable bonds is 1. The lowest BCUT2D eigenvalue weighted by Gasteiger charge is -2.16. The third kappa shape index (κ3) is 2.32. The molecule has 0 radical (unpaired) electrons. The molecule has 0 aromatic carbocycles. The summed E-state index contributed by atoms with van der Waals surface area (Å²) in [6.07, 6.45) is 0.977. The normalized spacial score (nSPS) is 12.1. The minimum absolute atomic E-state index is 0.285. The van der Waals surface area contributed by atoms with Crippen LogP contribution in [-0.4, -0.2) is 14.8 Å². The van der Waals surface area contributed by atoms with E-state index in [1.807, 2.05) is 18.7 Å². The molecule has 0 spiro atoms. The number of hydrogen-bond acceptors (Lipinski definition) is 2. The molecule has 1 aromatic rings. The highest BCUT2D eigenvalue weighted by atomic mass is 15.3. The van der Waals surface area contributed by atoms with Crippen molar-refractivity contribution in [3.8, 4) is 0 Å². The maximum absolute atomic E-state index is 4.35. The highest BCUT2D eigenvalue weighted by Gasteiger charge is 2.15. The van der Waals surface area contributed by atoms with Crippen molar-refractivity contribution in [2.24, 2.45) is 12.5 Å². The van der Waals surface area contributed by atoms with Gasteiger partial charge in [-0.25, -0.2) is 4.98 Å². The van der Waals surface area contributed by atoms with Gasteiger partial charge in [-0.2, -0.15) is 5.10 Å². The SMILES string of the molecule is Cc1nc(CC(C)(C)C)n(C)n1. The van der Waals surface area contributed by atoms with E-state index in [-0.39, 0.29) is 5.41 Å². The molecule has 68 valence electrons. The van der Waals surface area contributed by atoms with E-state index in [1.54, 1.807) is 0 Å². The number of hydrogen-bond donors (Lipinski definition) is 0. The summed E-state index contributed by atoms with van der Waals surface area (Å²) in [5.74, 6) is 1.93. The van der Waals surface area contributed by atoms with Crippen molar-refractivity contribution in [2.45, 2.75) is 34.1 Å². The van der Waals surface area contributed by atoms with Crippen molar-refractivity contribution >= 4 is 0 Å². The molecule has 3 heteroatoms. The lowest BCUT2D eigenvalue weighted by molar-refractivity contribution is 0.392. The van der Waals surface area contributed by atoms with Gasteiger partial charge in [0.2, 0.25) is 0 Å². The molecule has 0 N–H and O–H groups in total. The van der Waals surface area contributed by atoms with E-state index < -0.39 is 0 Å². The fraction of sp³-hybridized carbons (Fsp3) is 0.778. The summed E-state index contributed by atoms with van der Waals surface area (Å²) < 4.78 is 1.86. The van der Waals surface area contributed by atoms with Crippen molar-refractivity contribution in [3.63, 3.8) is 0 Å². The van der Waals surface area contributed by atoms with Crippen LogP contribution in [-0.2, 0) is 13.5 Å². The molecule has 0 fully saturated rings. The van der Waals surface area contributed by atoms with Crippen LogP contribution in [0.1, 0.15) is 32.4 Å². The third-order valence-corrected chi connectivity index (χ3v) is 1.65. The van der Waals surface area contributed by atoms with Crippen molar-refractivity contribution in [2.75, 3.05) is 0 Å². The van der Waals surface area contributed by atoms with Crippen molar-refractivity contribution < 1.29 is 0 Å². The minimum atomic E-state index is 0.285. The summed E-state index contributed by atoms with van der Waals surface area (Å²) in [6, 6.07) is 0. The Labute approximate surface area is 73.8 Å². The van der Waals surface area contributed by atoms with Gasteiger partial charge in [0.25, 0.3) is 0 Å². The lowest BCUT2D eigenvalue weighted by atomic mass is 9.92. The molecule has 0 aliphatic heterocycles. The van der Waals surface area contributed by atoms with Gasteiger partial charge in [0, 0.05) is 13.5 Å². The van der Waals surface area contributed by atoms with Gasteiger partial charge < -0.3 is 0 Å². The van der Waals surface area contributed by atoms with Crippen LogP contribution in [0.2, 0.25) is 0 Å². The first-order chi connectivity index (χ1) is 5.38. The first-order valence-corrected chi connectivity index (χ1v) is 4.25. The highest BCUT2D eigenvalue weighted by Crippen LogP contribution is 2.18. The van der Waals surface area contributed by atoms with Crippen LogP contribution < -0.4 is 0 Å². The molecule has 0 unspecified atom stereocenters. The summed E-state index contributed by atoms with van der Waals surface area (Å²) >= 11 is 0. The molecule has 0 saturated carbocycles. The zero-order valence-electron chi connectivity index (χ0n) is 8.55. The Morgan fingerprint density at radius 1 is 1.33 bits per heavy atom. The average molecular weight is 167 g/mol. The van der Waals surface area contributed by atoms with Crippen LogP contribution in [0.5, 0.6) is 0 Å². The molecule has 0 aliphatic rings. The Bertz CT molecular complexity index is 268. The monoisotopic (exact) mass is 167 g/mol. The van der Waals surface area contributed by atoms with Gasteiger partial charge in [-0.05, 0) is 12.3 Å². The summed E-state index contributed by atoms with van der Waals surface area (Å²) in [5, 5.41) is 4.20. The van der Waals surface area contributed by atoms with Crippen LogP contribution in [0.3, 0.4) is 0 Å². The van der Waals surface area contributed by atoms with Crippen LogP contribution >= 0.6 is 0 Å². The maximum Gasteiger partial charge on any atom is 0.147 e. The Morgan fingerprint density at radius 2 is 1.92 bits per heavy atom. The summed E-state index contributed by atoms with van der Waals surface area (Å²) in [6.45, 7) is 8.54. The first kappa shape index (κ1) is 9.23. The predicted octanol–water partition coefficient (Wildman–Crippen LogP) is 1.71. The quantitative estimate of drug-likeness (QED) is 0.637. The average Bonchev–Trinajstić information content (AvgIpc) is 2.06. The summed E-state index contributed by atoms with van der Waals surface area (Å²) in [5.41, 5.74) is 0.285. The van der Waals surface area contributed by atoms with E-state index in [0.29, 0.717) is 0 Å². The second-order valence-corrected chi connectivity index (χ2v) is 4.44. The number of aryl methyl sites for hydroxylation is 2. The maximum atomic E-state index is 4.35. The summed E-state index contributed by atoms with van der Waals surface area (Å²) in [4.78, 5) is 4.35. The Morgan fingerprint density at radius 3 is 2.25 bits per heavy atom. The van der Waals surface area contributed by atoms with Crippen LogP contribution in [0, 0.1) is 12.3 Å². The van der Waals surface area contributed by atoms with Crippen molar-refractivity contribution in [3.05, 3.63) is 11.6 Å². The Hall–Kier alpha value is -0.860. The molecular weight excluding hydrogens is 150 g/mol. The second-order valence-electron chi connectivity index (χ2n) is 4.44. The fourth-order valence-electron chi connectivity index (χ4n) is 1.18. The van der Waals surface area contributed by atoms with Crippen molar-refractivity contribution in [1.82, 2.24) is 14.8 Å². The zero-order chi connectivity index (χ0) is 9.35. The molecular formula is C9H17N3. The first-order valence-electron chi connectivity index (χ1n) is 4.25. The van der Waals surface area contributed by atoms with Gasteiger partial charge in [-0.15, -0.1) is 0 Å². The van der Waals surface area contributed by atoms with Gasteiger partial charge in [0.05, 0.1) is 0 Å². The molecule has 0 saturated heterocycles. The van der Waals surface area contributed by atoms with Crippen LogP contribution in [0.4, 0.5) is 0 Å². The van der Waals surface area contributed by atoms with E-state index in [0.717, 1.165) is 18.1 Å². The van der Waals surface area contributed by atoms with E-state index in [9.17, 15) is 0 Å². The third-order valence-electron chi connectivity index (χ3n) is 1.65. The molecule has 1 rings (SSSR count). The van der Waals surface area contributed by atoms with Gasteiger partial charge in [-0.3, -0.25) is 4.68 Å². The van der Waals surface area contributed by atoms with Gasteiger partial charge in [0.1, 0.15) is 11.6 Å². The molecule has 12 heavy (non-hydrogen) atoms. The topological polar surface area (TPSA) is 30.7 Å². The highest BCUT2D eigenvalue weighted by molar-refractivity contribution is 4.93.